The molecule has 1 aliphatic rings. The monoisotopic (exact) mass is 209 g/mol. The van der Waals surface area contributed by atoms with E-state index in [-0.39, 0.29) is 12.7 Å². The van der Waals surface area contributed by atoms with Crippen molar-refractivity contribution in [2.45, 2.75) is 25.6 Å². The molecule has 0 amide bonds. The summed E-state index contributed by atoms with van der Waals surface area (Å²) < 4.78 is 10.7. The minimum atomic E-state index is -0.0243. The van der Waals surface area contributed by atoms with Crippen LogP contribution in [0.4, 0.5) is 0 Å². The molecular formula is C11H15NO3. The van der Waals surface area contributed by atoms with Crippen LogP contribution in [0, 0.1) is 0 Å². The van der Waals surface area contributed by atoms with Crippen LogP contribution >= 0.6 is 0 Å². The molecule has 15 heavy (non-hydrogen) atoms. The molecule has 0 radical (unpaired) electrons. The van der Waals surface area contributed by atoms with Crippen molar-refractivity contribution in [2.75, 3.05) is 13.7 Å². The third-order valence-corrected chi connectivity index (χ3v) is 2.62. The summed E-state index contributed by atoms with van der Waals surface area (Å²) in [4.78, 5) is 4.12. The van der Waals surface area contributed by atoms with Gasteiger partial charge in [0.2, 0.25) is 0 Å². The maximum atomic E-state index is 9.12. The highest BCUT2D eigenvalue weighted by molar-refractivity contribution is 5.39. The smallest absolute Gasteiger partial charge is 0.126 e. The summed E-state index contributed by atoms with van der Waals surface area (Å²) in [7, 11) is 1.68. The van der Waals surface area contributed by atoms with Crippen molar-refractivity contribution in [1.82, 2.24) is 4.98 Å². The lowest BCUT2D eigenvalue weighted by Gasteiger charge is -2.08. The van der Waals surface area contributed by atoms with Crippen molar-refractivity contribution in [1.29, 1.82) is 0 Å². The highest BCUT2D eigenvalue weighted by atomic mass is 16.5. The van der Waals surface area contributed by atoms with Crippen molar-refractivity contribution in [3.05, 3.63) is 23.5 Å². The van der Waals surface area contributed by atoms with Crippen LogP contribution < -0.4 is 4.74 Å². The SMILES string of the molecule is COCCC1Cc2c(ccnc2CO)O1. The molecule has 1 unspecified atom stereocenters. The van der Waals surface area contributed by atoms with E-state index in [4.69, 9.17) is 14.6 Å². The molecule has 0 bridgehead atoms. The standard InChI is InChI=1S/C11H15NO3/c1-14-5-3-8-6-9-10(7-13)12-4-2-11(9)15-8/h2,4,8,13H,3,5-7H2,1H3. The summed E-state index contributed by atoms with van der Waals surface area (Å²) in [6, 6.07) is 1.85. The predicted octanol–water partition coefficient (Wildman–Crippen LogP) is 0.914. The van der Waals surface area contributed by atoms with Crippen LogP contribution in [-0.4, -0.2) is 29.9 Å². The number of pyridine rings is 1. The molecule has 1 aromatic rings. The van der Waals surface area contributed by atoms with E-state index in [2.05, 4.69) is 4.98 Å². The average Bonchev–Trinajstić information content (AvgIpc) is 2.68. The zero-order chi connectivity index (χ0) is 10.7. The van der Waals surface area contributed by atoms with Gasteiger partial charge in [-0.25, -0.2) is 0 Å². The molecule has 4 heteroatoms. The summed E-state index contributed by atoms with van der Waals surface area (Å²) in [6.45, 7) is 0.671. The number of hydrogen-bond donors (Lipinski definition) is 1. The van der Waals surface area contributed by atoms with Crippen molar-refractivity contribution >= 4 is 0 Å². The average molecular weight is 209 g/mol. The van der Waals surface area contributed by atoms with E-state index in [1.165, 1.54) is 0 Å². The van der Waals surface area contributed by atoms with Crippen LogP contribution in [0.15, 0.2) is 12.3 Å². The van der Waals surface area contributed by atoms with Gasteiger partial charge in [-0.3, -0.25) is 4.98 Å². The Kier molecular flexibility index (Phi) is 3.18. The number of nitrogens with zero attached hydrogens (tertiary/aromatic N) is 1. The first-order chi connectivity index (χ1) is 7.35. The van der Waals surface area contributed by atoms with Crippen molar-refractivity contribution in [3.8, 4) is 5.75 Å². The number of hydrogen-bond acceptors (Lipinski definition) is 4. The second-order valence-electron chi connectivity index (χ2n) is 3.62. The summed E-state index contributed by atoms with van der Waals surface area (Å²) >= 11 is 0. The third kappa shape index (κ3) is 2.11. The fourth-order valence-electron chi connectivity index (χ4n) is 1.84. The molecule has 1 aromatic heterocycles. The lowest BCUT2D eigenvalue weighted by Crippen LogP contribution is -2.15. The lowest BCUT2D eigenvalue weighted by molar-refractivity contribution is 0.138. The van der Waals surface area contributed by atoms with Gasteiger partial charge in [-0.05, 0) is 6.07 Å². The molecule has 4 nitrogen and oxygen atoms in total. The molecule has 1 aliphatic heterocycles. The van der Waals surface area contributed by atoms with Gasteiger partial charge in [0.15, 0.2) is 0 Å². The highest BCUT2D eigenvalue weighted by Crippen LogP contribution is 2.31. The van der Waals surface area contributed by atoms with Crippen molar-refractivity contribution < 1.29 is 14.6 Å². The van der Waals surface area contributed by atoms with Crippen LogP contribution in [0.3, 0.4) is 0 Å². The molecule has 1 N–H and O–H groups in total. The number of rotatable bonds is 4. The summed E-state index contributed by atoms with van der Waals surface area (Å²) in [5, 5.41) is 9.12. The molecule has 0 aliphatic carbocycles. The summed E-state index contributed by atoms with van der Waals surface area (Å²) in [5.74, 6) is 0.857. The van der Waals surface area contributed by atoms with Crippen molar-refractivity contribution in [3.63, 3.8) is 0 Å². The van der Waals surface area contributed by atoms with Gasteiger partial charge in [-0.15, -0.1) is 0 Å². The van der Waals surface area contributed by atoms with Crippen LogP contribution in [-0.2, 0) is 17.8 Å². The molecule has 0 fully saturated rings. The van der Waals surface area contributed by atoms with Crippen LogP contribution in [0.1, 0.15) is 17.7 Å². The second-order valence-corrected chi connectivity index (χ2v) is 3.62. The Morgan fingerprint density at radius 3 is 3.27 bits per heavy atom. The van der Waals surface area contributed by atoms with Gasteiger partial charge in [0.05, 0.1) is 12.3 Å². The molecule has 2 heterocycles. The molecule has 0 saturated heterocycles. The van der Waals surface area contributed by atoms with Gasteiger partial charge < -0.3 is 14.6 Å². The Morgan fingerprint density at radius 1 is 1.67 bits per heavy atom. The number of ether oxygens (including phenoxy) is 2. The quantitative estimate of drug-likeness (QED) is 0.801. The van der Waals surface area contributed by atoms with Crippen LogP contribution in [0.2, 0.25) is 0 Å². The lowest BCUT2D eigenvalue weighted by atomic mass is 10.1. The van der Waals surface area contributed by atoms with E-state index in [1.54, 1.807) is 13.3 Å². The first-order valence-electron chi connectivity index (χ1n) is 5.08. The second kappa shape index (κ2) is 4.59. The van der Waals surface area contributed by atoms with Gasteiger partial charge in [-0.1, -0.05) is 0 Å². The van der Waals surface area contributed by atoms with Crippen molar-refractivity contribution in [2.24, 2.45) is 0 Å². The third-order valence-electron chi connectivity index (χ3n) is 2.62. The molecule has 1 atom stereocenters. The normalized spacial score (nSPS) is 18.7. The molecule has 0 aromatic carbocycles. The molecule has 0 spiro atoms. The predicted molar refractivity (Wildman–Crippen MR) is 54.8 cm³/mol. The summed E-state index contributed by atoms with van der Waals surface area (Å²) in [6.07, 6.45) is 3.52. The zero-order valence-electron chi connectivity index (χ0n) is 8.77. The summed E-state index contributed by atoms with van der Waals surface area (Å²) in [5.41, 5.74) is 1.77. The fraction of sp³-hybridized carbons (Fsp3) is 0.545. The van der Waals surface area contributed by atoms with Gasteiger partial charge in [0.1, 0.15) is 11.9 Å². The van der Waals surface area contributed by atoms with Gasteiger partial charge in [-0.2, -0.15) is 0 Å². The molecule has 82 valence electrons. The van der Waals surface area contributed by atoms with Crippen LogP contribution in [0.25, 0.3) is 0 Å². The van der Waals surface area contributed by atoms with E-state index in [0.29, 0.717) is 6.61 Å². The molecule has 0 saturated carbocycles. The van der Waals surface area contributed by atoms with E-state index in [1.807, 2.05) is 6.07 Å². The Labute approximate surface area is 88.9 Å². The topological polar surface area (TPSA) is 51.6 Å². The van der Waals surface area contributed by atoms with Gasteiger partial charge in [0.25, 0.3) is 0 Å². The number of aliphatic hydroxyl groups is 1. The Balaban J connectivity index is 2.09. The number of methoxy groups -OCH3 is 1. The largest absolute Gasteiger partial charge is 0.490 e. The van der Waals surface area contributed by atoms with E-state index in [9.17, 15) is 0 Å². The Hall–Kier alpha value is -1.13. The minimum absolute atomic E-state index is 0.0243. The molecular weight excluding hydrogens is 194 g/mol. The Morgan fingerprint density at radius 2 is 2.53 bits per heavy atom. The minimum Gasteiger partial charge on any atom is -0.490 e. The maximum absolute atomic E-state index is 9.12. The van der Waals surface area contributed by atoms with Gasteiger partial charge in [0, 0.05) is 38.3 Å². The fourth-order valence-corrected chi connectivity index (χ4v) is 1.84. The number of aromatic nitrogens is 1. The maximum Gasteiger partial charge on any atom is 0.126 e. The molecule has 2 rings (SSSR count). The van der Waals surface area contributed by atoms with E-state index in [0.717, 1.165) is 29.8 Å². The first-order valence-corrected chi connectivity index (χ1v) is 5.08. The highest BCUT2D eigenvalue weighted by Gasteiger charge is 2.25. The number of fused-ring (bicyclic) bond motifs is 1. The van der Waals surface area contributed by atoms with E-state index < -0.39 is 0 Å². The van der Waals surface area contributed by atoms with Gasteiger partial charge >= 0.3 is 0 Å². The zero-order valence-corrected chi connectivity index (χ0v) is 8.77. The van der Waals surface area contributed by atoms with E-state index >= 15 is 0 Å². The first kappa shape index (κ1) is 10.4. The Bertz CT molecular complexity index is 341. The number of aliphatic hydroxyl groups excluding tert-OH is 1. The van der Waals surface area contributed by atoms with Crippen LogP contribution in [0.5, 0.6) is 5.75 Å².